The van der Waals surface area contributed by atoms with Gasteiger partial charge in [0.25, 0.3) is 0 Å². The Hall–Kier alpha value is -1.18. The molecule has 7 heteroatoms. The van der Waals surface area contributed by atoms with Crippen LogP contribution in [0.5, 0.6) is 0 Å². The Bertz CT molecular complexity index is 577. The van der Waals surface area contributed by atoms with Crippen LogP contribution in [0.25, 0.3) is 0 Å². The number of benzene rings is 1. The number of nitrogens with one attached hydrogen (secondary N) is 2. The van der Waals surface area contributed by atoms with Crippen molar-refractivity contribution >= 4 is 21.9 Å². The molecule has 1 fully saturated rings. The monoisotopic (exact) mass is 415 g/mol. The molecule has 0 bridgehead atoms. The molecule has 25 heavy (non-hydrogen) atoms. The van der Waals surface area contributed by atoms with Crippen LogP contribution < -0.4 is 10.6 Å². The van der Waals surface area contributed by atoms with Gasteiger partial charge >= 0.3 is 0 Å². The number of aliphatic imine (C=N–C) groups is 1. The Balaban J connectivity index is 1.73. The number of hydrogen-bond donors (Lipinski definition) is 2. The maximum atomic E-state index is 13.8. The van der Waals surface area contributed by atoms with Crippen LogP contribution in [0.2, 0.25) is 0 Å². The first kappa shape index (κ1) is 20.1. The zero-order valence-electron chi connectivity index (χ0n) is 14.9. The molecule has 1 aromatic rings. The van der Waals surface area contributed by atoms with Crippen molar-refractivity contribution in [3.8, 4) is 0 Å². The van der Waals surface area contributed by atoms with E-state index in [1.165, 1.54) is 6.07 Å². The number of aryl methyl sites for hydroxylation is 1. The van der Waals surface area contributed by atoms with Crippen LogP contribution in [0, 0.1) is 5.82 Å². The van der Waals surface area contributed by atoms with Crippen molar-refractivity contribution in [3.63, 3.8) is 0 Å². The van der Waals surface area contributed by atoms with E-state index < -0.39 is 0 Å². The molecule has 0 amide bonds. The molecule has 140 valence electrons. The lowest BCUT2D eigenvalue weighted by atomic mass is 9.94. The first-order chi connectivity index (χ1) is 12.1. The molecule has 5 nitrogen and oxygen atoms in total. The first-order valence-electron chi connectivity index (χ1n) is 8.60. The van der Waals surface area contributed by atoms with Gasteiger partial charge in [-0.25, -0.2) is 4.39 Å². The van der Waals surface area contributed by atoms with Gasteiger partial charge in [0.1, 0.15) is 5.82 Å². The fourth-order valence-electron chi connectivity index (χ4n) is 2.87. The second-order valence-electron chi connectivity index (χ2n) is 6.19. The summed E-state index contributed by atoms with van der Waals surface area (Å²) in [7, 11) is 3.49. The van der Waals surface area contributed by atoms with E-state index in [2.05, 4.69) is 31.6 Å². The predicted octanol–water partition coefficient (Wildman–Crippen LogP) is 2.88. The molecule has 0 atom stereocenters. The van der Waals surface area contributed by atoms with Gasteiger partial charge in [0.05, 0.1) is 5.60 Å². The van der Waals surface area contributed by atoms with Crippen molar-refractivity contribution in [2.45, 2.75) is 31.3 Å². The Morgan fingerprint density at radius 3 is 2.76 bits per heavy atom. The molecule has 0 aromatic heterocycles. The highest BCUT2D eigenvalue weighted by atomic mass is 79.9. The van der Waals surface area contributed by atoms with Crippen molar-refractivity contribution in [2.75, 3.05) is 40.5 Å². The van der Waals surface area contributed by atoms with Gasteiger partial charge < -0.3 is 20.1 Å². The standard InChI is InChI=1S/C18H27BrFN3O2/c1-21-17(23-13-18(24-2)7-10-25-11-8-18)22-9-3-4-14-5-6-15(19)12-16(14)20/h5-6,12H,3-4,7-11,13H2,1-2H3,(H2,21,22,23). The molecule has 0 radical (unpaired) electrons. The summed E-state index contributed by atoms with van der Waals surface area (Å²) >= 11 is 3.27. The van der Waals surface area contributed by atoms with E-state index in [4.69, 9.17) is 9.47 Å². The minimum Gasteiger partial charge on any atom is -0.381 e. The molecule has 2 N–H and O–H groups in total. The molecule has 0 unspecified atom stereocenters. The molecule has 2 rings (SSSR count). The second kappa shape index (κ2) is 10.1. The molecule has 1 aliphatic heterocycles. The number of nitrogens with zero attached hydrogens (tertiary/aromatic N) is 1. The van der Waals surface area contributed by atoms with Crippen LogP contribution in [0.4, 0.5) is 4.39 Å². The second-order valence-corrected chi connectivity index (χ2v) is 7.11. The summed E-state index contributed by atoms with van der Waals surface area (Å²) in [4.78, 5) is 4.24. The Kier molecular flexibility index (Phi) is 8.12. The lowest BCUT2D eigenvalue weighted by molar-refractivity contribution is -0.0855. The van der Waals surface area contributed by atoms with Crippen LogP contribution in [0.15, 0.2) is 27.7 Å². The van der Waals surface area contributed by atoms with Gasteiger partial charge in [0, 0.05) is 57.8 Å². The van der Waals surface area contributed by atoms with E-state index in [0.717, 1.165) is 55.0 Å². The Morgan fingerprint density at radius 1 is 1.36 bits per heavy atom. The maximum absolute atomic E-state index is 13.8. The summed E-state index contributed by atoms with van der Waals surface area (Å²) in [6.45, 7) is 2.85. The van der Waals surface area contributed by atoms with Crippen molar-refractivity contribution in [2.24, 2.45) is 4.99 Å². The van der Waals surface area contributed by atoms with E-state index in [9.17, 15) is 4.39 Å². The number of hydrogen-bond acceptors (Lipinski definition) is 3. The van der Waals surface area contributed by atoms with Crippen molar-refractivity contribution in [1.29, 1.82) is 0 Å². The highest BCUT2D eigenvalue weighted by molar-refractivity contribution is 9.10. The van der Waals surface area contributed by atoms with Crippen molar-refractivity contribution in [3.05, 3.63) is 34.1 Å². The fraction of sp³-hybridized carbons (Fsp3) is 0.611. The van der Waals surface area contributed by atoms with Gasteiger partial charge in [0.15, 0.2) is 5.96 Å². The topological polar surface area (TPSA) is 54.9 Å². The van der Waals surface area contributed by atoms with Crippen LogP contribution in [0.1, 0.15) is 24.8 Å². The highest BCUT2D eigenvalue weighted by Crippen LogP contribution is 2.23. The fourth-order valence-corrected chi connectivity index (χ4v) is 3.21. The average Bonchev–Trinajstić information content (AvgIpc) is 2.63. The number of rotatable bonds is 7. The molecule has 1 heterocycles. The zero-order valence-corrected chi connectivity index (χ0v) is 16.5. The van der Waals surface area contributed by atoms with E-state index in [1.54, 1.807) is 14.2 Å². The number of ether oxygens (including phenoxy) is 2. The molecule has 0 spiro atoms. The third kappa shape index (κ3) is 6.24. The third-order valence-electron chi connectivity index (χ3n) is 4.57. The van der Waals surface area contributed by atoms with Gasteiger partial charge in [-0.1, -0.05) is 22.0 Å². The average molecular weight is 416 g/mol. The minimum absolute atomic E-state index is 0.168. The Morgan fingerprint density at radius 2 is 2.12 bits per heavy atom. The number of methoxy groups -OCH3 is 1. The zero-order chi connectivity index (χ0) is 18.1. The molecule has 0 aliphatic carbocycles. The quantitative estimate of drug-likeness (QED) is 0.408. The molecule has 1 aliphatic rings. The smallest absolute Gasteiger partial charge is 0.191 e. The highest BCUT2D eigenvalue weighted by Gasteiger charge is 2.32. The molecular formula is C18H27BrFN3O2. The summed E-state index contributed by atoms with van der Waals surface area (Å²) < 4.78 is 25.7. The summed E-state index contributed by atoms with van der Waals surface area (Å²) in [6.07, 6.45) is 3.25. The van der Waals surface area contributed by atoms with Gasteiger partial charge in [-0.2, -0.15) is 0 Å². The lowest BCUT2D eigenvalue weighted by Crippen LogP contribution is -2.50. The number of guanidine groups is 1. The normalized spacial score (nSPS) is 17.4. The molecule has 0 saturated carbocycles. The summed E-state index contributed by atoms with van der Waals surface area (Å²) in [5.74, 6) is 0.567. The van der Waals surface area contributed by atoms with Gasteiger partial charge in [-0.15, -0.1) is 0 Å². The first-order valence-corrected chi connectivity index (χ1v) is 9.39. The van der Waals surface area contributed by atoms with Crippen LogP contribution in [-0.4, -0.2) is 52.0 Å². The number of halogens is 2. The molecule has 1 saturated heterocycles. The van der Waals surface area contributed by atoms with E-state index in [0.29, 0.717) is 13.0 Å². The van der Waals surface area contributed by atoms with Gasteiger partial charge in [0.2, 0.25) is 0 Å². The third-order valence-corrected chi connectivity index (χ3v) is 5.06. The van der Waals surface area contributed by atoms with Crippen molar-refractivity contribution < 1.29 is 13.9 Å². The predicted molar refractivity (Wildman–Crippen MR) is 102 cm³/mol. The van der Waals surface area contributed by atoms with Gasteiger partial charge in [-0.3, -0.25) is 4.99 Å². The minimum atomic E-state index is -0.198. The summed E-state index contributed by atoms with van der Waals surface area (Å²) in [5, 5.41) is 6.60. The van der Waals surface area contributed by atoms with E-state index in [-0.39, 0.29) is 11.4 Å². The van der Waals surface area contributed by atoms with Crippen LogP contribution >= 0.6 is 15.9 Å². The van der Waals surface area contributed by atoms with E-state index in [1.807, 2.05) is 12.1 Å². The summed E-state index contributed by atoms with van der Waals surface area (Å²) in [5.41, 5.74) is 0.532. The molecule has 1 aromatic carbocycles. The maximum Gasteiger partial charge on any atom is 0.191 e. The molecular weight excluding hydrogens is 389 g/mol. The largest absolute Gasteiger partial charge is 0.381 e. The van der Waals surface area contributed by atoms with Gasteiger partial charge in [-0.05, 0) is 30.5 Å². The SMILES string of the molecule is CN=C(NCCCc1ccc(Br)cc1F)NCC1(OC)CCOCC1. The summed E-state index contributed by atoms with van der Waals surface area (Å²) in [6, 6.07) is 5.19. The van der Waals surface area contributed by atoms with Crippen LogP contribution in [0.3, 0.4) is 0 Å². The van der Waals surface area contributed by atoms with Crippen LogP contribution in [-0.2, 0) is 15.9 Å². The van der Waals surface area contributed by atoms with Crippen molar-refractivity contribution in [1.82, 2.24) is 10.6 Å². The van der Waals surface area contributed by atoms with E-state index >= 15 is 0 Å². The Labute approximate surface area is 157 Å². The lowest BCUT2D eigenvalue weighted by Gasteiger charge is -2.36.